The summed E-state index contributed by atoms with van der Waals surface area (Å²) in [6, 6.07) is 9.69. The molecule has 2 aromatic rings. The molecule has 7 heteroatoms. The fraction of sp³-hybridized carbons (Fsp3) is 0.0714. The Morgan fingerprint density at radius 2 is 1.90 bits per heavy atom. The molecule has 0 aromatic heterocycles. The molecule has 0 bridgehead atoms. The topological polar surface area (TPSA) is 72.2 Å². The number of benzene rings is 2. The lowest BCUT2D eigenvalue weighted by molar-refractivity contribution is -0.385. The van der Waals surface area contributed by atoms with E-state index in [1.807, 2.05) is 13.0 Å². The van der Waals surface area contributed by atoms with Crippen LogP contribution >= 0.6 is 31.9 Å². The van der Waals surface area contributed by atoms with Crippen LogP contribution in [0.2, 0.25) is 0 Å². The predicted molar refractivity (Wildman–Crippen MR) is 87.6 cm³/mol. The van der Waals surface area contributed by atoms with Gasteiger partial charge in [0.15, 0.2) is 0 Å². The molecule has 0 heterocycles. The Balaban J connectivity index is 2.26. The normalized spacial score (nSPS) is 10.2. The van der Waals surface area contributed by atoms with Gasteiger partial charge in [0.25, 0.3) is 11.6 Å². The van der Waals surface area contributed by atoms with Gasteiger partial charge in [0.05, 0.1) is 9.40 Å². The van der Waals surface area contributed by atoms with E-state index in [0.717, 1.165) is 10.0 Å². The van der Waals surface area contributed by atoms with Crippen molar-refractivity contribution in [3.8, 4) is 0 Å². The van der Waals surface area contributed by atoms with E-state index >= 15 is 0 Å². The minimum Gasteiger partial charge on any atom is -0.322 e. The van der Waals surface area contributed by atoms with Crippen molar-refractivity contribution >= 4 is 49.1 Å². The van der Waals surface area contributed by atoms with Crippen LogP contribution in [0.25, 0.3) is 0 Å². The number of hydrogen-bond donors (Lipinski definition) is 1. The van der Waals surface area contributed by atoms with E-state index in [-0.39, 0.29) is 11.6 Å². The fourth-order valence-corrected chi connectivity index (χ4v) is 2.67. The largest absolute Gasteiger partial charge is 0.322 e. The summed E-state index contributed by atoms with van der Waals surface area (Å²) in [6.07, 6.45) is 0. The highest BCUT2D eigenvalue weighted by atomic mass is 79.9. The van der Waals surface area contributed by atoms with Gasteiger partial charge in [0.1, 0.15) is 0 Å². The zero-order chi connectivity index (χ0) is 15.6. The Kier molecular flexibility index (Phi) is 4.74. The first-order valence-electron chi connectivity index (χ1n) is 5.90. The third-order valence-corrected chi connectivity index (χ3v) is 4.41. The molecule has 0 radical (unpaired) electrons. The van der Waals surface area contributed by atoms with Crippen LogP contribution in [0.3, 0.4) is 0 Å². The van der Waals surface area contributed by atoms with Gasteiger partial charge < -0.3 is 5.32 Å². The van der Waals surface area contributed by atoms with Gasteiger partial charge in [-0.2, -0.15) is 0 Å². The summed E-state index contributed by atoms with van der Waals surface area (Å²) in [4.78, 5) is 22.5. The first-order chi connectivity index (χ1) is 9.90. The molecule has 0 aliphatic rings. The average molecular weight is 414 g/mol. The zero-order valence-electron chi connectivity index (χ0n) is 10.9. The number of amides is 1. The van der Waals surface area contributed by atoms with Crippen LogP contribution in [-0.2, 0) is 0 Å². The number of nitrogens with zero attached hydrogens (tertiary/aromatic N) is 1. The van der Waals surface area contributed by atoms with Crippen molar-refractivity contribution in [1.29, 1.82) is 0 Å². The first kappa shape index (κ1) is 15.7. The summed E-state index contributed by atoms with van der Waals surface area (Å²) < 4.78 is 1.16. The third kappa shape index (κ3) is 3.48. The molecule has 21 heavy (non-hydrogen) atoms. The van der Waals surface area contributed by atoms with Crippen molar-refractivity contribution < 1.29 is 9.72 Å². The average Bonchev–Trinajstić information content (AvgIpc) is 2.41. The second-order valence-electron chi connectivity index (χ2n) is 4.29. The van der Waals surface area contributed by atoms with Crippen molar-refractivity contribution in [2.24, 2.45) is 0 Å². The van der Waals surface area contributed by atoms with Crippen molar-refractivity contribution in [1.82, 2.24) is 0 Å². The molecule has 0 saturated heterocycles. The monoisotopic (exact) mass is 412 g/mol. The molecule has 108 valence electrons. The molecule has 5 nitrogen and oxygen atoms in total. The highest BCUT2D eigenvalue weighted by Gasteiger charge is 2.14. The van der Waals surface area contributed by atoms with E-state index in [4.69, 9.17) is 0 Å². The van der Waals surface area contributed by atoms with E-state index in [2.05, 4.69) is 37.2 Å². The maximum absolute atomic E-state index is 12.2. The number of carbonyl (C=O) groups is 1. The van der Waals surface area contributed by atoms with Gasteiger partial charge >= 0.3 is 0 Å². The van der Waals surface area contributed by atoms with Crippen LogP contribution in [-0.4, -0.2) is 10.8 Å². The maximum Gasteiger partial charge on any atom is 0.283 e. The highest BCUT2D eigenvalue weighted by Crippen LogP contribution is 2.28. The Hall–Kier alpha value is -1.73. The lowest BCUT2D eigenvalue weighted by atomic mass is 10.1. The third-order valence-electron chi connectivity index (χ3n) is 2.91. The SMILES string of the molecule is Cc1c(Br)cccc1C(=O)Nc1ccc([N+](=O)[O-])c(Br)c1. The lowest BCUT2D eigenvalue weighted by Gasteiger charge is -2.09. The Bertz CT molecular complexity index is 732. The predicted octanol–water partition coefficient (Wildman–Crippen LogP) is 4.68. The second-order valence-corrected chi connectivity index (χ2v) is 6.00. The van der Waals surface area contributed by atoms with E-state index in [9.17, 15) is 14.9 Å². The Morgan fingerprint density at radius 3 is 2.52 bits per heavy atom. The second kappa shape index (κ2) is 6.36. The summed E-state index contributed by atoms with van der Waals surface area (Å²) in [5.41, 5.74) is 1.80. The summed E-state index contributed by atoms with van der Waals surface area (Å²) in [5.74, 6) is -0.269. The summed E-state index contributed by atoms with van der Waals surface area (Å²) >= 11 is 6.49. The quantitative estimate of drug-likeness (QED) is 0.586. The fourth-order valence-electron chi connectivity index (χ4n) is 1.78. The molecule has 0 fully saturated rings. The number of nitro benzene ring substituents is 1. The van der Waals surface area contributed by atoms with Crippen molar-refractivity contribution in [2.45, 2.75) is 6.92 Å². The van der Waals surface area contributed by atoms with E-state index in [1.165, 1.54) is 18.2 Å². The van der Waals surface area contributed by atoms with Crippen molar-refractivity contribution in [3.63, 3.8) is 0 Å². The standard InChI is InChI=1S/C14H10Br2N2O3/c1-8-10(3-2-4-11(8)15)14(19)17-9-5-6-13(18(20)21)12(16)7-9/h2-7H,1H3,(H,17,19). The van der Waals surface area contributed by atoms with Gasteiger partial charge in [0, 0.05) is 21.8 Å². The number of nitrogens with one attached hydrogen (secondary N) is 1. The van der Waals surface area contributed by atoms with Crippen molar-refractivity contribution in [2.75, 3.05) is 5.32 Å². The molecule has 0 unspecified atom stereocenters. The summed E-state index contributed by atoms with van der Waals surface area (Å²) in [7, 11) is 0. The van der Waals surface area contributed by atoms with Crippen molar-refractivity contribution in [3.05, 3.63) is 66.6 Å². The van der Waals surface area contributed by atoms with Gasteiger partial charge in [-0.15, -0.1) is 0 Å². The van der Waals surface area contributed by atoms with Crippen LogP contribution in [0.5, 0.6) is 0 Å². The minimum absolute atomic E-state index is 0.0494. The number of carbonyl (C=O) groups excluding carboxylic acids is 1. The van der Waals surface area contributed by atoms with E-state index in [0.29, 0.717) is 15.7 Å². The molecular weight excluding hydrogens is 404 g/mol. The highest BCUT2D eigenvalue weighted by molar-refractivity contribution is 9.10. The number of anilines is 1. The number of halogens is 2. The number of rotatable bonds is 3. The Labute approximate surface area is 137 Å². The summed E-state index contributed by atoms with van der Waals surface area (Å²) in [6.45, 7) is 1.84. The van der Waals surface area contributed by atoms with Gasteiger partial charge in [-0.05, 0) is 52.7 Å². The van der Waals surface area contributed by atoms with E-state index < -0.39 is 4.92 Å². The molecule has 2 rings (SSSR count). The molecule has 0 atom stereocenters. The molecule has 1 amide bonds. The summed E-state index contributed by atoms with van der Waals surface area (Å²) in [5, 5.41) is 13.5. The van der Waals surface area contributed by atoms with Gasteiger partial charge in [-0.3, -0.25) is 14.9 Å². The van der Waals surface area contributed by atoms with Crippen LogP contribution in [0.1, 0.15) is 15.9 Å². The van der Waals surface area contributed by atoms with E-state index in [1.54, 1.807) is 12.1 Å². The van der Waals surface area contributed by atoms with Crippen LogP contribution < -0.4 is 5.32 Å². The van der Waals surface area contributed by atoms with Crippen LogP contribution in [0, 0.1) is 17.0 Å². The maximum atomic E-state index is 12.2. The van der Waals surface area contributed by atoms with Gasteiger partial charge in [-0.25, -0.2) is 0 Å². The molecule has 1 N–H and O–H groups in total. The van der Waals surface area contributed by atoms with Crippen LogP contribution in [0.15, 0.2) is 45.3 Å². The zero-order valence-corrected chi connectivity index (χ0v) is 14.1. The number of nitro groups is 1. The molecule has 0 aliphatic carbocycles. The lowest BCUT2D eigenvalue weighted by Crippen LogP contribution is -2.13. The van der Waals surface area contributed by atoms with Gasteiger partial charge in [-0.1, -0.05) is 22.0 Å². The molecule has 0 saturated carbocycles. The minimum atomic E-state index is -0.492. The smallest absolute Gasteiger partial charge is 0.283 e. The molecule has 2 aromatic carbocycles. The molecule has 0 aliphatic heterocycles. The number of hydrogen-bond acceptors (Lipinski definition) is 3. The molecular formula is C14H10Br2N2O3. The first-order valence-corrected chi connectivity index (χ1v) is 7.49. The Morgan fingerprint density at radius 1 is 1.19 bits per heavy atom. The van der Waals surface area contributed by atoms with Gasteiger partial charge in [0.2, 0.25) is 0 Å². The van der Waals surface area contributed by atoms with Crippen LogP contribution in [0.4, 0.5) is 11.4 Å². The molecule has 0 spiro atoms.